The second-order valence-corrected chi connectivity index (χ2v) is 4.27. The zero-order valence-corrected chi connectivity index (χ0v) is 11.0. The molecule has 3 rings (SSSR count). The van der Waals surface area contributed by atoms with Gasteiger partial charge in [0.25, 0.3) is 5.91 Å². The summed E-state index contributed by atoms with van der Waals surface area (Å²) in [7, 11) is 0. The van der Waals surface area contributed by atoms with E-state index in [9.17, 15) is 4.79 Å². The van der Waals surface area contributed by atoms with Crippen molar-refractivity contribution in [2.75, 3.05) is 18.5 Å². The molecule has 20 heavy (non-hydrogen) atoms. The number of amides is 1. The molecular weight excluding hydrogens is 260 g/mol. The summed E-state index contributed by atoms with van der Waals surface area (Å²) < 4.78 is 10.9. The molecular formula is C13H14N4O3. The molecule has 7 nitrogen and oxygen atoms in total. The molecule has 2 N–H and O–H groups in total. The Balaban J connectivity index is 1.75. The van der Waals surface area contributed by atoms with Gasteiger partial charge in [-0.2, -0.15) is 0 Å². The smallest absolute Gasteiger partial charge is 0.295 e. The molecule has 0 radical (unpaired) electrons. The lowest BCUT2D eigenvalue weighted by atomic mass is 10.2. The van der Waals surface area contributed by atoms with Crippen LogP contribution in [0.15, 0.2) is 18.2 Å². The van der Waals surface area contributed by atoms with E-state index in [4.69, 9.17) is 9.47 Å². The Labute approximate surface area is 115 Å². The Morgan fingerprint density at radius 2 is 2.15 bits per heavy atom. The molecule has 7 heteroatoms. The number of benzene rings is 1. The van der Waals surface area contributed by atoms with E-state index in [1.54, 1.807) is 18.2 Å². The standard InChI is InChI=1S/C13H14N4O3/c1-2-11-15-12(17-16-11)13(18)14-8-3-4-9-10(7-8)20-6-5-19-9/h3-4,7H,2,5-6H2,1H3,(H,14,18)(H,15,16,17). The number of hydrogen-bond donors (Lipinski definition) is 2. The summed E-state index contributed by atoms with van der Waals surface area (Å²) in [6, 6.07) is 5.23. The zero-order chi connectivity index (χ0) is 13.9. The number of carbonyl (C=O) groups is 1. The van der Waals surface area contributed by atoms with E-state index >= 15 is 0 Å². The van der Waals surface area contributed by atoms with Gasteiger partial charge in [-0.3, -0.25) is 9.89 Å². The fourth-order valence-corrected chi connectivity index (χ4v) is 1.86. The number of rotatable bonds is 3. The van der Waals surface area contributed by atoms with Crippen LogP contribution in [0, 0.1) is 0 Å². The number of aromatic amines is 1. The van der Waals surface area contributed by atoms with Crippen molar-refractivity contribution in [2.24, 2.45) is 0 Å². The molecule has 104 valence electrons. The molecule has 1 aliphatic rings. The largest absolute Gasteiger partial charge is 0.486 e. The first kappa shape index (κ1) is 12.5. The van der Waals surface area contributed by atoms with Crippen molar-refractivity contribution in [3.8, 4) is 11.5 Å². The van der Waals surface area contributed by atoms with Crippen LogP contribution in [0.3, 0.4) is 0 Å². The summed E-state index contributed by atoms with van der Waals surface area (Å²) in [5, 5.41) is 9.30. The van der Waals surface area contributed by atoms with Crippen LogP contribution in [0.1, 0.15) is 23.4 Å². The maximum absolute atomic E-state index is 12.0. The lowest BCUT2D eigenvalue weighted by Gasteiger charge is -2.18. The Hall–Kier alpha value is -2.57. The highest BCUT2D eigenvalue weighted by molar-refractivity contribution is 6.01. The minimum Gasteiger partial charge on any atom is -0.486 e. The Morgan fingerprint density at radius 1 is 1.35 bits per heavy atom. The van der Waals surface area contributed by atoms with E-state index < -0.39 is 0 Å². The van der Waals surface area contributed by atoms with Crippen molar-refractivity contribution in [3.63, 3.8) is 0 Å². The van der Waals surface area contributed by atoms with Crippen LogP contribution in [0.2, 0.25) is 0 Å². The highest BCUT2D eigenvalue weighted by atomic mass is 16.6. The quantitative estimate of drug-likeness (QED) is 0.882. The molecule has 0 atom stereocenters. The monoisotopic (exact) mass is 274 g/mol. The predicted molar refractivity (Wildman–Crippen MR) is 71.1 cm³/mol. The molecule has 0 spiro atoms. The molecule has 0 aliphatic carbocycles. The molecule has 0 saturated carbocycles. The number of fused-ring (bicyclic) bond motifs is 1. The van der Waals surface area contributed by atoms with Gasteiger partial charge < -0.3 is 14.8 Å². The third-order valence-electron chi connectivity index (χ3n) is 2.87. The van der Waals surface area contributed by atoms with Gasteiger partial charge in [-0.1, -0.05) is 6.92 Å². The van der Waals surface area contributed by atoms with Gasteiger partial charge >= 0.3 is 0 Å². The number of nitrogens with zero attached hydrogens (tertiary/aromatic N) is 2. The van der Waals surface area contributed by atoms with Crippen molar-refractivity contribution < 1.29 is 14.3 Å². The van der Waals surface area contributed by atoms with Crippen molar-refractivity contribution in [3.05, 3.63) is 29.8 Å². The maximum atomic E-state index is 12.0. The minimum atomic E-state index is -0.363. The lowest BCUT2D eigenvalue weighted by molar-refractivity contribution is 0.101. The molecule has 1 aromatic heterocycles. The van der Waals surface area contributed by atoms with Gasteiger partial charge in [-0.05, 0) is 12.1 Å². The van der Waals surface area contributed by atoms with Gasteiger partial charge in [-0.15, -0.1) is 5.10 Å². The van der Waals surface area contributed by atoms with Gasteiger partial charge in [0.15, 0.2) is 11.5 Å². The zero-order valence-electron chi connectivity index (χ0n) is 11.0. The summed E-state index contributed by atoms with van der Waals surface area (Å²) >= 11 is 0. The van der Waals surface area contributed by atoms with Crippen LogP contribution in [-0.2, 0) is 6.42 Å². The second kappa shape index (κ2) is 5.20. The molecule has 1 aromatic carbocycles. The SMILES string of the molecule is CCc1nc(C(=O)Nc2ccc3c(c2)OCCO3)n[nH]1. The van der Waals surface area contributed by atoms with Crippen molar-refractivity contribution in [2.45, 2.75) is 13.3 Å². The first-order valence-electron chi connectivity index (χ1n) is 6.38. The number of ether oxygens (including phenoxy) is 2. The minimum absolute atomic E-state index is 0.122. The summed E-state index contributed by atoms with van der Waals surface area (Å²) in [6.45, 7) is 2.98. The van der Waals surface area contributed by atoms with Crippen LogP contribution >= 0.6 is 0 Å². The molecule has 0 bridgehead atoms. The first-order chi connectivity index (χ1) is 9.76. The highest BCUT2D eigenvalue weighted by Crippen LogP contribution is 2.32. The third-order valence-corrected chi connectivity index (χ3v) is 2.87. The topological polar surface area (TPSA) is 89.1 Å². The summed E-state index contributed by atoms with van der Waals surface area (Å²) in [5.41, 5.74) is 0.613. The molecule has 1 amide bonds. The molecule has 0 unspecified atom stereocenters. The third kappa shape index (κ3) is 2.42. The van der Waals surface area contributed by atoms with E-state index in [-0.39, 0.29) is 11.7 Å². The predicted octanol–water partition coefficient (Wildman–Crippen LogP) is 1.39. The number of H-pyrrole nitrogens is 1. The fraction of sp³-hybridized carbons (Fsp3) is 0.308. The molecule has 2 heterocycles. The van der Waals surface area contributed by atoms with Gasteiger partial charge in [0.2, 0.25) is 5.82 Å². The summed E-state index contributed by atoms with van der Waals surface area (Å²) in [5.74, 6) is 1.74. The van der Waals surface area contributed by atoms with E-state index in [2.05, 4.69) is 20.5 Å². The highest BCUT2D eigenvalue weighted by Gasteiger charge is 2.15. The van der Waals surface area contributed by atoms with Crippen LogP contribution in [0.5, 0.6) is 11.5 Å². The van der Waals surface area contributed by atoms with Crippen LogP contribution in [0.25, 0.3) is 0 Å². The second-order valence-electron chi connectivity index (χ2n) is 4.27. The Morgan fingerprint density at radius 3 is 2.90 bits per heavy atom. The first-order valence-corrected chi connectivity index (χ1v) is 6.38. The van der Waals surface area contributed by atoms with Crippen LogP contribution in [0.4, 0.5) is 5.69 Å². The maximum Gasteiger partial charge on any atom is 0.295 e. The molecule has 1 aliphatic heterocycles. The summed E-state index contributed by atoms with van der Waals surface area (Å²) in [4.78, 5) is 16.1. The number of nitrogens with one attached hydrogen (secondary N) is 2. The van der Waals surface area contributed by atoms with Gasteiger partial charge in [-0.25, -0.2) is 4.98 Å². The molecule has 0 saturated heterocycles. The van der Waals surface area contributed by atoms with Gasteiger partial charge in [0.1, 0.15) is 19.0 Å². The molecule has 0 fully saturated rings. The summed E-state index contributed by atoms with van der Waals surface area (Å²) in [6.07, 6.45) is 0.699. The number of aryl methyl sites for hydroxylation is 1. The molecule has 2 aromatic rings. The van der Waals surface area contributed by atoms with E-state index in [1.807, 2.05) is 6.92 Å². The van der Waals surface area contributed by atoms with Crippen molar-refractivity contribution in [1.82, 2.24) is 15.2 Å². The van der Waals surface area contributed by atoms with Crippen molar-refractivity contribution in [1.29, 1.82) is 0 Å². The lowest BCUT2D eigenvalue weighted by Crippen LogP contribution is -2.17. The Kier molecular flexibility index (Phi) is 3.24. The van der Waals surface area contributed by atoms with E-state index in [0.29, 0.717) is 42.6 Å². The van der Waals surface area contributed by atoms with E-state index in [1.165, 1.54) is 0 Å². The fourth-order valence-electron chi connectivity index (χ4n) is 1.86. The number of carbonyl (C=O) groups excluding carboxylic acids is 1. The van der Waals surface area contributed by atoms with Gasteiger partial charge in [0, 0.05) is 18.2 Å². The average Bonchev–Trinajstić information content (AvgIpc) is 2.96. The van der Waals surface area contributed by atoms with Crippen molar-refractivity contribution >= 4 is 11.6 Å². The average molecular weight is 274 g/mol. The normalized spacial score (nSPS) is 13.1. The number of hydrogen-bond acceptors (Lipinski definition) is 5. The number of aromatic nitrogens is 3. The number of anilines is 1. The van der Waals surface area contributed by atoms with Gasteiger partial charge in [0.05, 0.1) is 0 Å². The Bertz CT molecular complexity index is 638. The van der Waals surface area contributed by atoms with Crippen LogP contribution in [-0.4, -0.2) is 34.3 Å². The van der Waals surface area contributed by atoms with Crippen LogP contribution < -0.4 is 14.8 Å². The van der Waals surface area contributed by atoms with E-state index in [0.717, 1.165) is 0 Å².